The van der Waals surface area contributed by atoms with Gasteiger partial charge >= 0.3 is 0 Å². The van der Waals surface area contributed by atoms with E-state index in [2.05, 4.69) is 5.32 Å². The molecule has 32 heavy (non-hydrogen) atoms. The van der Waals surface area contributed by atoms with E-state index in [1.165, 1.54) is 16.1 Å². The Hall–Kier alpha value is -2.71. The number of fused-ring (bicyclic) bond motifs is 1. The van der Waals surface area contributed by atoms with E-state index in [4.69, 9.17) is 0 Å². The second-order valence-corrected chi connectivity index (χ2v) is 10.6. The van der Waals surface area contributed by atoms with E-state index in [1.807, 2.05) is 32.0 Å². The van der Waals surface area contributed by atoms with E-state index < -0.39 is 16.1 Å². The largest absolute Gasteiger partial charge is 0.324 e. The predicted octanol–water partition coefficient (Wildman–Crippen LogP) is 3.39. The fourth-order valence-corrected chi connectivity index (χ4v) is 6.18. The van der Waals surface area contributed by atoms with Gasteiger partial charge in [-0.15, -0.1) is 0 Å². The maximum absolute atomic E-state index is 13.1. The van der Waals surface area contributed by atoms with Gasteiger partial charge in [-0.05, 0) is 62.1 Å². The van der Waals surface area contributed by atoms with Crippen molar-refractivity contribution in [3.63, 3.8) is 0 Å². The number of hydrogen-bond acceptors (Lipinski definition) is 4. The molecule has 4 rings (SSSR count). The third kappa shape index (κ3) is 4.17. The fourth-order valence-electron chi connectivity index (χ4n) is 4.61. The second-order valence-electron chi connectivity index (χ2n) is 8.67. The summed E-state index contributed by atoms with van der Waals surface area (Å²) < 4.78 is 27.7. The first-order valence-electron chi connectivity index (χ1n) is 11.0. The van der Waals surface area contributed by atoms with Gasteiger partial charge in [0, 0.05) is 37.8 Å². The highest BCUT2D eigenvalue weighted by atomic mass is 32.2. The van der Waals surface area contributed by atoms with Gasteiger partial charge in [-0.1, -0.05) is 24.1 Å². The Morgan fingerprint density at radius 3 is 2.38 bits per heavy atom. The Balaban J connectivity index is 1.61. The highest BCUT2D eigenvalue weighted by Gasteiger charge is 2.38. The fraction of sp³-hybridized carbons (Fsp3) is 0.417. The van der Waals surface area contributed by atoms with E-state index in [0.717, 1.165) is 30.4 Å². The summed E-state index contributed by atoms with van der Waals surface area (Å²) in [5.74, 6) is -0.542. The van der Waals surface area contributed by atoms with Crippen molar-refractivity contribution in [3.8, 4) is 0 Å². The minimum Gasteiger partial charge on any atom is -0.324 e. The number of nitrogens with zero attached hydrogens (tertiary/aromatic N) is 2. The number of sulfonamides is 1. The molecule has 1 unspecified atom stereocenters. The van der Waals surface area contributed by atoms with Crippen LogP contribution in [0.3, 0.4) is 0 Å². The Morgan fingerprint density at radius 1 is 1.00 bits per heavy atom. The summed E-state index contributed by atoms with van der Waals surface area (Å²) in [5.41, 5.74) is 4.03. The first-order chi connectivity index (χ1) is 15.2. The SMILES string of the molecule is CC(=O)N1c2ccc(S(=O)(=O)N3CCCCC3)cc2CC1C(=O)Nc1ccc(C)cc1C. The van der Waals surface area contributed by atoms with Crippen LogP contribution in [0, 0.1) is 13.8 Å². The number of anilines is 2. The van der Waals surface area contributed by atoms with Gasteiger partial charge in [0.05, 0.1) is 4.90 Å². The number of aryl methyl sites for hydroxylation is 2. The van der Waals surface area contributed by atoms with Crippen molar-refractivity contribution in [1.29, 1.82) is 0 Å². The van der Waals surface area contributed by atoms with Crippen LogP contribution in [0.15, 0.2) is 41.3 Å². The molecule has 0 radical (unpaired) electrons. The summed E-state index contributed by atoms with van der Waals surface area (Å²) in [6.45, 7) is 6.39. The van der Waals surface area contributed by atoms with Crippen LogP contribution in [0.5, 0.6) is 0 Å². The molecule has 1 saturated heterocycles. The van der Waals surface area contributed by atoms with E-state index >= 15 is 0 Å². The van der Waals surface area contributed by atoms with Crippen LogP contribution in [-0.2, 0) is 26.0 Å². The van der Waals surface area contributed by atoms with Crippen LogP contribution in [0.4, 0.5) is 11.4 Å². The molecule has 1 fully saturated rings. The molecule has 8 heteroatoms. The molecule has 0 aromatic heterocycles. The lowest BCUT2D eigenvalue weighted by molar-refractivity contribution is -0.122. The predicted molar refractivity (Wildman–Crippen MR) is 124 cm³/mol. The molecule has 170 valence electrons. The van der Waals surface area contributed by atoms with Gasteiger partial charge in [-0.3, -0.25) is 14.5 Å². The summed E-state index contributed by atoms with van der Waals surface area (Å²) in [6, 6.07) is 9.86. The van der Waals surface area contributed by atoms with Crippen molar-refractivity contribution in [2.45, 2.75) is 57.4 Å². The summed E-state index contributed by atoms with van der Waals surface area (Å²) in [6.07, 6.45) is 3.04. The molecule has 1 atom stereocenters. The average molecular weight is 456 g/mol. The third-order valence-corrected chi connectivity index (χ3v) is 8.16. The number of nitrogens with one attached hydrogen (secondary N) is 1. The lowest BCUT2D eigenvalue weighted by Crippen LogP contribution is -2.44. The van der Waals surface area contributed by atoms with Gasteiger partial charge in [-0.25, -0.2) is 8.42 Å². The Morgan fingerprint density at radius 2 is 1.72 bits per heavy atom. The van der Waals surface area contributed by atoms with Crippen LogP contribution in [0.2, 0.25) is 0 Å². The van der Waals surface area contributed by atoms with Gasteiger partial charge in [0.2, 0.25) is 21.8 Å². The molecule has 2 aliphatic rings. The zero-order valence-electron chi connectivity index (χ0n) is 18.7. The Kier molecular flexibility index (Phi) is 6.09. The number of rotatable bonds is 4. The van der Waals surface area contributed by atoms with Crippen molar-refractivity contribution >= 4 is 33.2 Å². The lowest BCUT2D eigenvalue weighted by Gasteiger charge is -2.26. The normalized spacial score (nSPS) is 19.0. The van der Waals surface area contributed by atoms with Crippen molar-refractivity contribution in [2.75, 3.05) is 23.3 Å². The van der Waals surface area contributed by atoms with Crippen molar-refractivity contribution in [3.05, 3.63) is 53.1 Å². The summed E-state index contributed by atoms with van der Waals surface area (Å²) >= 11 is 0. The molecule has 2 aromatic carbocycles. The minimum atomic E-state index is -3.59. The average Bonchev–Trinajstić information content (AvgIpc) is 3.15. The molecular weight excluding hydrogens is 426 g/mol. The Labute approximate surface area is 189 Å². The molecule has 0 spiro atoms. The lowest BCUT2D eigenvalue weighted by atomic mass is 10.1. The molecule has 2 aliphatic heterocycles. The van der Waals surface area contributed by atoms with E-state index in [-0.39, 0.29) is 23.1 Å². The molecule has 2 heterocycles. The number of amides is 2. The number of carbonyl (C=O) groups excluding carboxylic acids is 2. The molecule has 0 aliphatic carbocycles. The first kappa shape index (κ1) is 22.5. The van der Waals surface area contributed by atoms with Crippen LogP contribution in [0.25, 0.3) is 0 Å². The van der Waals surface area contributed by atoms with Gasteiger partial charge in [0.15, 0.2) is 0 Å². The van der Waals surface area contributed by atoms with Crippen molar-refractivity contribution < 1.29 is 18.0 Å². The third-order valence-electron chi connectivity index (χ3n) is 6.27. The number of piperidine rings is 1. The summed E-state index contributed by atoms with van der Waals surface area (Å²) in [5, 5.41) is 2.94. The van der Waals surface area contributed by atoms with Crippen molar-refractivity contribution in [2.24, 2.45) is 0 Å². The maximum atomic E-state index is 13.1. The quantitative estimate of drug-likeness (QED) is 0.766. The van der Waals surface area contributed by atoms with Crippen LogP contribution in [-0.4, -0.2) is 43.7 Å². The maximum Gasteiger partial charge on any atom is 0.247 e. The van der Waals surface area contributed by atoms with Crippen LogP contribution in [0.1, 0.15) is 42.9 Å². The van der Waals surface area contributed by atoms with E-state index in [0.29, 0.717) is 30.0 Å². The van der Waals surface area contributed by atoms with Gasteiger partial charge < -0.3 is 5.32 Å². The van der Waals surface area contributed by atoms with Gasteiger partial charge in [0.25, 0.3) is 0 Å². The smallest absolute Gasteiger partial charge is 0.247 e. The molecule has 0 saturated carbocycles. The summed E-state index contributed by atoms with van der Waals surface area (Å²) in [7, 11) is -3.59. The van der Waals surface area contributed by atoms with Crippen molar-refractivity contribution in [1.82, 2.24) is 4.31 Å². The molecule has 2 aromatic rings. The molecular formula is C24H29N3O4S. The summed E-state index contributed by atoms with van der Waals surface area (Å²) in [4.78, 5) is 27.3. The molecule has 7 nitrogen and oxygen atoms in total. The standard InChI is InChI=1S/C24H29N3O4S/c1-16-7-9-21(17(2)13-16)25-24(29)23-15-19-14-20(8-10-22(19)27(23)18(3)28)32(30,31)26-11-5-4-6-12-26/h7-10,13-14,23H,4-6,11-12,15H2,1-3H3,(H,25,29). The number of carbonyl (C=O) groups is 2. The monoisotopic (exact) mass is 455 g/mol. The number of hydrogen-bond donors (Lipinski definition) is 1. The number of benzene rings is 2. The molecule has 2 amide bonds. The second kappa shape index (κ2) is 8.67. The topological polar surface area (TPSA) is 86.8 Å². The molecule has 0 bridgehead atoms. The first-order valence-corrected chi connectivity index (χ1v) is 12.4. The van der Waals surface area contributed by atoms with Gasteiger partial charge in [0.1, 0.15) is 6.04 Å². The van der Waals surface area contributed by atoms with E-state index in [1.54, 1.807) is 18.2 Å². The van der Waals surface area contributed by atoms with Gasteiger partial charge in [-0.2, -0.15) is 4.31 Å². The zero-order valence-corrected chi connectivity index (χ0v) is 19.5. The molecule has 1 N–H and O–H groups in total. The van der Waals surface area contributed by atoms with Crippen LogP contribution >= 0.6 is 0 Å². The minimum absolute atomic E-state index is 0.220. The van der Waals surface area contributed by atoms with Crippen LogP contribution < -0.4 is 10.2 Å². The van der Waals surface area contributed by atoms with E-state index in [9.17, 15) is 18.0 Å². The zero-order chi connectivity index (χ0) is 23.0. The highest BCUT2D eigenvalue weighted by Crippen LogP contribution is 2.35. The highest BCUT2D eigenvalue weighted by molar-refractivity contribution is 7.89. The Bertz CT molecular complexity index is 1170.